The number of amides is 1. The topological polar surface area (TPSA) is 52.3 Å². The number of carbonyl (C=O) groups excluding carboxylic acids is 1. The molecule has 1 aromatic rings. The van der Waals surface area contributed by atoms with Crippen LogP contribution in [-0.4, -0.2) is 12.5 Å². The van der Waals surface area contributed by atoms with Crippen molar-refractivity contribution in [2.75, 3.05) is 6.61 Å². The van der Waals surface area contributed by atoms with Crippen molar-refractivity contribution in [1.29, 1.82) is 0 Å². The summed E-state index contributed by atoms with van der Waals surface area (Å²) in [4.78, 5) is 10.5. The summed E-state index contributed by atoms with van der Waals surface area (Å²) in [5, 5.41) is 0. The molecule has 0 fully saturated rings. The van der Waals surface area contributed by atoms with Gasteiger partial charge in [0, 0.05) is 0 Å². The molecular formula is C12H16NO2. The third kappa shape index (κ3) is 4.49. The summed E-state index contributed by atoms with van der Waals surface area (Å²) in [5.41, 5.74) is 6.22. The molecule has 1 amide bonds. The first kappa shape index (κ1) is 11.6. The van der Waals surface area contributed by atoms with Gasteiger partial charge >= 0.3 is 0 Å². The number of unbranched alkanes of at least 4 members (excludes halogenated alkanes) is 1. The van der Waals surface area contributed by atoms with Crippen LogP contribution in [0.5, 0.6) is 5.75 Å². The van der Waals surface area contributed by atoms with Gasteiger partial charge in [0.2, 0.25) is 0 Å². The Balaban J connectivity index is 2.45. The molecular weight excluding hydrogens is 190 g/mol. The molecule has 2 N–H and O–H groups in total. The average Bonchev–Trinajstić information content (AvgIpc) is 2.25. The van der Waals surface area contributed by atoms with Crippen LogP contribution in [0.2, 0.25) is 0 Å². The molecule has 0 atom stereocenters. The fourth-order valence-electron chi connectivity index (χ4n) is 1.24. The molecule has 0 unspecified atom stereocenters. The second-order valence-electron chi connectivity index (χ2n) is 3.36. The predicted molar refractivity (Wildman–Crippen MR) is 59.4 cm³/mol. The number of carbonyl (C=O) groups is 1. The van der Waals surface area contributed by atoms with Crippen molar-refractivity contribution in [3.63, 3.8) is 0 Å². The molecule has 0 spiro atoms. The molecule has 0 aliphatic heterocycles. The quantitative estimate of drug-likeness (QED) is 0.770. The smallest absolute Gasteiger partial charge is 0.255 e. The zero-order chi connectivity index (χ0) is 11.1. The third-order valence-corrected chi connectivity index (χ3v) is 2.02. The summed E-state index contributed by atoms with van der Waals surface area (Å²) in [6.45, 7) is 3.72. The number of nitrogens with two attached hydrogens (primary N) is 1. The van der Waals surface area contributed by atoms with Gasteiger partial charge in [0.1, 0.15) is 5.75 Å². The van der Waals surface area contributed by atoms with Gasteiger partial charge in [0.25, 0.3) is 5.91 Å². The maximum absolute atomic E-state index is 10.5. The second-order valence-corrected chi connectivity index (χ2v) is 3.36. The molecule has 1 aromatic carbocycles. The van der Waals surface area contributed by atoms with Crippen LogP contribution in [0.1, 0.15) is 18.4 Å². The Labute approximate surface area is 90.2 Å². The molecule has 0 aliphatic carbocycles. The van der Waals surface area contributed by atoms with Gasteiger partial charge in [-0.25, -0.2) is 0 Å². The van der Waals surface area contributed by atoms with Crippen molar-refractivity contribution in [1.82, 2.24) is 0 Å². The van der Waals surface area contributed by atoms with Gasteiger partial charge in [-0.2, -0.15) is 0 Å². The number of hydrogen-bond donors (Lipinski definition) is 1. The Bertz CT molecular complexity index is 306. The lowest BCUT2D eigenvalue weighted by atomic mass is 10.1. The highest BCUT2D eigenvalue weighted by Crippen LogP contribution is 2.13. The summed E-state index contributed by atoms with van der Waals surface area (Å²) < 4.78 is 5.14. The standard InChI is InChI=1S/C12H16NO2/c1-2-3-4-10-5-7-11(8-6-10)15-9-12(13)14/h5-8H,1-4,9H2,(H2,13,14). The highest BCUT2D eigenvalue weighted by molar-refractivity contribution is 5.75. The molecule has 1 rings (SSSR count). The average molecular weight is 206 g/mol. The maximum Gasteiger partial charge on any atom is 0.255 e. The zero-order valence-corrected chi connectivity index (χ0v) is 8.74. The maximum atomic E-state index is 10.5. The first-order chi connectivity index (χ1) is 7.22. The fourth-order valence-corrected chi connectivity index (χ4v) is 1.24. The fraction of sp³-hybridized carbons (Fsp3) is 0.333. The molecule has 0 bridgehead atoms. The zero-order valence-electron chi connectivity index (χ0n) is 8.74. The number of primary amides is 1. The van der Waals surface area contributed by atoms with E-state index in [0.717, 1.165) is 19.3 Å². The summed E-state index contributed by atoms with van der Waals surface area (Å²) >= 11 is 0. The second kappa shape index (κ2) is 6.06. The highest BCUT2D eigenvalue weighted by atomic mass is 16.5. The lowest BCUT2D eigenvalue weighted by molar-refractivity contribution is -0.119. The van der Waals surface area contributed by atoms with Crippen LogP contribution >= 0.6 is 0 Å². The van der Waals surface area contributed by atoms with Crippen molar-refractivity contribution in [3.8, 4) is 5.75 Å². The Morgan fingerprint density at radius 3 is 2.53 bits per heavy atom. The van der Waals surface area contributed by atoms with Crippen LogP contribution in [0.25, 0.3) is 0 Å². The highest BCUT2D eigenvalue weighted by Gasteiger charge is 1.97. The van der Waals surface area contributed by atoms with Crippen molar-refractivity contribution in [2.45, 2.75) is 19.3 Å². The van der Waals surface area contributed by atoms with Crippen LogP contribution in [0, 0.1) is 6.92 Å². The molecule has 3 heteroatoms. The van der Waals surface area contributed by atoms with Crippen LogP contribution in [0.4, 0.5) is 0 Å². The summed E-state index contributed by atoms with van der Waals surface area (Å²) in [6, 6.07) is 7.68. The van der Waals surface area contributed by atoms with E-state index >= 15 is 0 Å². The Hall–Kier alpha value is -1.51. The van der Waals surface area contributed by atoms with Gasteiger partial charge in [0.15, 0.2) is 6.61 Å². The molecule has 81 valence electrons. The minimum absolute atomic E-state index is 0.0712. The monoisotopic (exact) mass is 206 g/mol. The Kier molecular flexibility index (Phi) is 4.68. The van der Waals surface area contributed by atoms with E-state index in [2.05, 4.69) is 6.92 Å². The molecule has 0 aromatic heterocycles. The van der Waals surface area contributed by atoms with Crippen LogP contribution in [-0.2, 0) is 11.2 Å². The van der Waals surface area contributed by atoms with Crippen molar-refractivity contribution < 1.29 is 9.53 Å². The van der Waals surface area contributed by atoms with E-state index in [1.54, 1.807) is 0 Å². The van der Waals surface area contributed by atoms with Gasteiger partial charge in [-0.05, 0) is 30.5 Å². The Morgan fingerprint density at radius 1 is 1.33 bits per heavy atom. The molecule has 0 saturated carbocycles. The Morgan fingerprint density at radius 2 is 2.00 bits per heavy atom. The van der Waals surface area contributed by atoms with Crippen LogP contribution in [0.3, 0.4) is 0 Å². The van der Waals surface area contributed by atoms with Crippen molar-refractivity contribution in [3.05, 3.63) is 36.8 Å². The van der Waals surface area contributed by atoms with Gasteiger partial charge in [-0.1, -0.05) is 25.5 Å². The molecule has 3 nitrogen and oxygen atoms in total. The van der Waals surface area contributed by atoms with Crippen molar-refractivity contribution >= 4 is 5.91 Å². The lowest BCUT2D eigenvalue weighted by Crippen LogP contribution is -2.19. The van der Waals surface area contributed by atoms with Crippen LogP contribution < -0.4 is 10.5 Å². The number of benzene rings is 1. The minimum Gasteiger partial charge on any atom is -0.484 e. The molecule has 0 aliphatic rings. The van der Waals surface area contributed by atoms with Gasteiger partial charge in [-0.3, -0.25) is 4.79 Å². The minimum atomic E-state index is -0.462. The number of ether oxygens (including phenoxy) is 1. The molecule has 15 heavy (non-hydrogen) atoms. The van der Waals surface area contributed by atoms with E-state index in [9.17, 15) is 4.79 Å². The largest absolute Gasteiger partial charge is 0.484 e. The lowest BCUT2D eigenvalue weighted by Gasteiger charge is -2.04. The summed E-state index contributed by atoms with van der Waals surface area (Å²) in [6.07, 6.45) is 3.06. The van der Waals surface area contributed by atoms with Gasteiger partial charge in [0.05, 0.1) is 0 Å². The molecule has 0 saturated heterocycles. The SMILES string of the molecule is [CH2]CCCc1ccc(OCC(N)=O)cc1. The summed E-state index contributed by atoms with van der Waals surface area (Å²) in [5.74, 6) is 0.211. The third-order valence-electron chi connectivity index (χ3n) is 2.02. The number of aryl methyl sites for hydroxylation is 1. The van der Waals surface area contributed by atoms with Gasteiger partial charge in [-0.15, -0.1) is 0 Å². The normalized spacial score (nSPS) is 9.93. The van der Waals surface area contributed by atoms with Gasteiger partial charge < -0.3 is 10.5 Å². The molecule has 1 radical (unpaired) electrons. The summed E-state index contributed by atoms with van der Waals surface area (Å²) in [7, 11) is 0. The van der Waals surface area contributed by atoms with E-state index in [0.29, 0.717) is 5.75 Å². The van der Waals surface area contributed by atoms with E-state index in [1.165, 1.54) is 5.56 Å². The van der Waals surface area contributed by atoms with E-state index in [-0.39, 0.29) is 6.61 Å². The van der Waals surface area contributed by atoms with E-state index in [4.69, 9.17) is 10.5 Å². The van der Waals surface area contributed by atoms with E-state index in [1.807, 2.05) is 24.3 Å². The number of hydrogen-bond acceptors (Lipinski definition) is 2. The molecule has 0 heterocycles. The van der Waals surface area contributed by atoms with Crippen LogP contribution in [0.15, 0.2) is 24.3 Å². The number of rotatable bonds is 6. The first-order valence-corrected chi connectivity index (χ1v) is 5.01. The predicted octanol–water partition coefficient (Wildman–Crippen LogP) is 1.71. The van der Waals surface area contributed by atoms with E-state index < -0.39 is 5.91 Å². The van der Waals surface area contributed by atoms with Crippen molar-refractivity contribution in [2.24, 2.45) is 5.73 Å². The first-order valence-electron chi connectivity index (χ1n) is 5.01.